The van der Waals surface area contributed by atoms with Crippen LogP contribution in [0, 0.1) is 0 Å². The van der Waals surface area contributed by atoms with E-state index in [4.69, 9.17) is 14.2 Å². The highest BCUT2D eigenvalue weighted by Crippen LogP contribution is 2.42. The van der Waals surface area contributed by atoms with Crippen LogP contribution in [0.4, 0.5) is 5.69 Å². The minimum absolute atomic E-state index is 0.315. The number of benzene rings is 1. The van der Waals surface area contributed by atoms with Crippen LogP contribution >= 0.6 is 11.8 Å². The van der Waals surface area contributed by atoms with Crippen LogP contribution < -0.4 is 4.90 Å². The maximum atomic E-state index is 13.8. The highest BCUT2D eigenvalue weighted by molar-refractivity contribution is 8.00. The number of unbranched alkanes of at least 4 members (excludes halogenated alkanes) is 1. The summed E-state index contributed by atoms with van der Waals surface area (Å²) < 4.78 is 16.4. The summed E-state index contributed by atoms with van der Waals surface area (Å²) in [5.74, 6) is -0.874. The maximum Gasteiger partial charge on any atom is 0.339 e. The normalized spacial score (nSPS) is 18.1. The molecule has 0 spiro atoms. The molecule has 0 radical (unpaired) electrons. The molecule has 2 atom stereocenters. The summed E-state index contributed by atoms with van der Waals surface area (Å²) in [6.07, 6.45) is 7.25. The van der Waals surface area contributed by atoms with E-state index in [-0.39, 0.29) is 5.91 Å². The van der Waals surface area contributed by atoms with Crippen LogP contribution in [0.2, 0.25) is 0 Å². The zero-order chi connectivity index (χ0) is 26.7. The Hall–Kier alpha value is -3.04. The van der Waals surface area contributed by atoms with Crippen LogP contribution in [0.3, 0.4) is 0 Å². The first-order chi connectivity index (χ1) is 17.2. The van der Waals surface area contributed by atoms with Gasteiger partial charge in [0.15, 0.2) is 6.10 Å². The van der Waals surface area contributed by atoms with Gasteiger partial charge in [-0.05, 0) is 44.8 Å². The second-order valence-electron chi connectivity index (χ2n) is 8.42. The van der Waals surface area contributed by atoms with Crippen molar-refractivity contribution in [2.24, 2.45) is 0 Å². The van der Waals surface area contributed by atoms with Crippen LogP contribution in [-0.2, 0) is 23.8 Å². The van der Waals surface area contributed by atoms with Crippen molar-refractivity contribution in [3.63, 3.8) is 0 Å². The minimum atomic E-state index is -1.11. The Morgan fingerprint density at radius 1 is 1.28 bits per heavy atom. The average Bonchev–Trinajstić information content (AvgIpc) is 2.94. The molecule has 0 aromatic heterocycles. The van der Waals surface area contributed by atoms with Gasteiger partial charge in [0.25, 0.3) is 5.91 Å². The SMILES string of the molecule is C=C/C=C(\C=C/C1Sc2c(C(=O)OCCCC)cccc2N(CCN(C)C)C(=O)[C@@H]1OC(C)=O)OC. The zero-order valence-electron chi connectivity index (χ0n) is 21.7. The number of methoxy groups -OCH3 is 1. The van der Waals surface area contributed by atoms with Gasteiger partial charge < -0.3 is 24.0 Å². The molecule has 8 nitrogen and oxygen atoms in total. The molecule has 1 aliphatic rings. The molecule has 0 bridgehead atoms. The van der Waals surface area contributed by atoms with E-state index in [2.05, 4.69) is 6.58 Å². The summed E-state index contributed by atoms with van der Waals surface area (Å²) in [5.41, 5.74) is 0.949. The quantitative estimate of drug-likeness (QED) is 0.177. The number of allylic oxidation sites excluding steroid dienone is 3. The topological polar surface area (TPSA) is 85.4 Å². The zero-order valence-corrected chi connectivity index (χ0v) is 22.5. The van der Waals surface area contributed by atoms with Gasteiger partial charge in [-0.3, -0.25) is 9.59 Å². The number of fused-ring (bicyclic) bond motifs is 1. The monoisotopic (exact) mass is 516 g/mol. The molecule has 196 valence electrons. The molecule has 0 saturated carbocycles. The van der Waals surface area contributed by atoms with Gasteiger partial charge in [0, 0.05) is 24.9 Å². The third-order valence-electron chi connectivity index (χ3n) is 5.33. The Bertz CT molecular complexity index is 1000. The number of ether oxygens (including phenoxy) is 3. The molecule has 0 saturated heterocycles. The molecule has 1 aromatic carbocycles. The number of nitrogens with zero attached hydrogens (tertiary/aromatic N) is 2. The molecule has 2 rings (SSSR count). The van der Waals surface area contributed by atoms with Crippen LogP contribution in [0.25, 0.3) is 0 Å². The van der Waals surface area contributed by atoms with Gasteiger partial charge in [0.1, 0.15) is 5.76 Å². The van der Waals surface area contributed by atoms with Gasteiger partial charge in [-0.25, -0.2) is 4.79 Å². The Balaban J connectivity index is 2.63. The average molecular weight is 517 g/mol. The van der Waals surface area contributed by atoms with Crippen molar-refractivity contribution in [2.45, 2.75) is 42.9 Å². The summed E-state index contributed by atoms with van der Waals surface area (Å²) >= 11 is 1.28. The lowest BCUT2D eigenvalue weighted by molar-refractivity contribution is -0.152. The number of likely N-dealkylation sites (N-methyl/N-ethyl adjacent to an activating group) is 1. The molecule has 0 aliphatic carbocycles. The second-order valence-corrected chi connectivity index (χ2v) is 9.61. The Morgan fingerprint density at radius 3 is 2.64 bits per heavy atom. The van der Waals surface area contributed by atoms with E-state index in [0.717, 1.165) is 12.8 Å². The molecule has 36 heavy (non-hydrogen) atoms. The number of anilines is 1. The molecule has 0 fully saturated rings. The van der Waals surface area contributed by atoms with Gasteiger partial charge in [-0.2, -0.15) is 0 Å². The fourth-order valence-electron chi connectivity index (χ4n) is 3.48. The van der Waals surface area contributed by atoms with Crippen LogP contribution in [-0.4, -0.2) is 75.0 Å². The van der Waals surface area contributed by atoms with E-state index in [1.807, 2.05) is 25.9 Å². The third-order valence-corrected chi connectivity index (χ3v) is 6.67. The van der Waals surface area contributed by atoms with Gasteiger partial charge in [-0.15, -0.1) is 11.8 Å². The molecule has 1 unspecified atom stereocenters. The standard InChI is InChI=1S/C27H36N2O6S/c1-7-9-18-34-27(32)21-12-10-13-22-25(21)36-23(15-14-20(33-6)11-8-2)24(35-19(3)30)26(31)29(22)17-16-28(4)5/h8,10-15,23-24H,2,7,9,16-18H2,1,3-6H3/b15-14-,20-11+/t23?,24-/m1/s1. The molecule has 0 N–H and O–H groups in total. The molecule has 1 aliphatic heterocycles. The van der Waals surface area contributed by atoms with Crippen molar-refractivity contribution in [3.05, 3.63) is 60.4 Å². The fraction of sp³-hybridized carbons (Fsp3) is 0.444. The maximum absolute atomic E-state index is 13.8. The Labute approximate surface area is 217 Å². The number of hydrogen-bond donors (Lipinski definition) is 0. The predicted molar refractivity (Wildman–Crippen MR) is 142 cm³/mol. The summed E-state index contributed by atoms with van der Waals surface area (Å²) in [5, 5.41) is -0.627. The second kappa shape index (κ2) is 14.5. The lowest BCUT2D eigenvalue weighted by atomic mass is 10.1. The number of esters is 2. The smallest absolute Gasteiger partial charge is 0.339 e. The minimum Gasteiger partial charge on any atom is -0.497 e. The lowest BCUT2D eigenvalue weighted by Crippen LogP contribution is -2.46. The van der Waals surface area contributed by atoms with Crippen molar-refractivity contribution in [3.8, 4) is 0 Å². The number of carbonyl (C=O) groups is 3. The van der Waals surface area contributed by atoms with Crippen molar-refractivity contribution >= 4 is 35.3 Å². The summed E-state index contributed by atoms with van der Waals surface area (Å²) in [6, 6.07) is 5.23. The van der Waals surface area contributed by atoms with E-state index in [1.165, 1.54) is 25.8 Å². The molecular formula is C27H36N2O6S. The summed E-state index contributed by atoms with van der Waals surface area (Å²) in [4.78, 5) is 43.0. The highest BCUT2D eigenvalue weighted by Gasteiger charge is 2.40. The lowest BCUT2D eigenvalue weighted by Gasteiger charge is -2.27. The van der Waals surface area contributed by atoms with Gasteiger partial charge >= 0.3 is 11.9 Å². The molecule has 1 heterocycles. The van der Waals surface area contributed by atoms with Crippen LogP contribution in [0.5, 0.6) is 0 Å². The van der Waals surface area contributed by atoms with Crippen molar-refractivity contribution in [2.75, 3.05) is 45.8 Å². The van der Waals surface area contributed by atoms with Gasteiger partial charge in [0.2, 0.25) is 0 Å². The van der Waals surface area contributed by atoms with Crippen molar-refractivity contribution in [1.29, 1.82) is 0 Å². The number of carbonyl (C=O) groups excluding carboxylic acids is 3. The number of rotatable bonds is 12. The number of amides is 1. The highest BCUT2D eigenvalue weighted by atomic mass is 32.2. The Morgan fingerprint density at radius 2 is 2.03 bits per heavy atom. The number of hydrogen-bond acceptors (Lipinski definition) is 8. The third kappa shape index (κ3) is 7.99. The molecule has 1 aromatic rings. The number of thioether (sulfide) groups is 1. The van der Waals surface area contributed by atoms with Gasteiger partial charge in [0.05, 0.1) is 30.2 Å². The summed E-state index contributed by atoms with van der Waals surface area (Å²) in [7, 11) is 5.34. The Kier molecular flexibility index (Phi) is 11.8. The molecular weight excluding hydrogens is 480 g/mol. The van der Waals surface area contributed by atoms with Gasteiger partial charge in [-0.1, -0.05) is 38.1 Å². The molecule has 1 amide bonds. The largest absolute Gasteiger partial charge is 0.497 e. The predicted octanol–water partition coefficient (Wildman–Crippen LogP) is 4.22. The first kappa shape index (κ1) is 29.2. The fourth-order valence-corrected chi connectivity index (χ4v) is 4.79. The van der Waals surface area contributed by atoms with Crippen LogP contribution in [0.1, 0.15) is 37.0 Å². The first-order valence-electron chi connectivity index (χ1n) is 11.9. The van der Waals surface area contributed by atoms with E-state index >= 15 is 0 Å². The van der Waals surface area contributed by atoms with Crippen LogP contribution in [0.15, 0.2) is 59.7 Å². The summed E-state index contributed by atoms with van der Waals surface area (Å²) in [6.45, 7) is 8.21. The van der Waals surface area contributed by atoms with E-state index in [9.17, 15) is 14.4 Å². The van der Waals surface area contributed by atoms with Crippen molar-refractivity contribution in [1.82, 2.24) is 4.90 Å². The van der Waals surface area contributed by atoms with Crippen molar-refractivity contribution < 1.29 is 28.6 Å². The van der Waals surface area contributed by atoms with E-state index < -0.39 is 23.3 Å². The first-order valence-corrected chi connectivity index (χ1v) is 12.8. The molecule has 9 heteroatoms. The van der Waals surface area contributed by atoms with E-state index in [0.29, 0.717) is 41.6 Å². The van der Waals surface area contributed by atoms with E-state index in [1.54, 1.807) is 47.4 Å².